The monoisotopic (exact) mass is 321 g/mol. The minimum atomic E-state index is -0.106. The third kappa shape index (κ3) is 6.16. The van der Waals surface area contributed by atoms with Crippen molar-refractivity contribution in [2.75, 3.05) is 26.4 Å². The second-order valence-electron chi connectivity index (χ2n) is 5.00. The van der Waals surface area contributed by atoms with E-state index in [9.17, 15) is 4.79 Å². The Morgan fingerprint density at radius 1 is 1.56 bits per heavy atom. The lowest BCUT2D eigenvalue weighted by Crippen LogP contribution is -2.34. The van der Waals surface area contributed by atoms with Gasteiger partial charge in [-0.3, -0.25) is 4.79 Å². The van der Waals surface area contributed by atoms with Gasteiger partial charge in [0.15, 0.2) is 0 Å². The second-order valence-corrected chi connectivity index (χ2v) is 5.99. The fraction of sp³-hybridized carbons (Fsp3) is 0.923. The molecule has 1 saturated heterocycles. The van der Waals surface area contributed by atoms with Crippen molar-refractivity contribution in [2.24, 2.45) is 5.92 Å². The van der Waals surface area contributed by atoms with Crippen molar-refractivity contribution < 1.29 is 14.3 Å². The Kier molecular flexibility index (Phi) is 7.86. The van der Waals surface area contributed by atoms with Crippen LogP contribution in [-0.4, -0.2) is 43.2 Å². The summed E-state index contributed by atoms with van der Waals surface area (Å²) in [6, 6.07) is 0. The first kappa shape index (κ1) is 15.9. The molecule has 0 bridgehead atoms. The van der Waals surface area contributed by atoms with E-state index in [4.69, 9.17) is 9.47 Å². The molecule has 0 aromatic heterocycles. The molecule has 1 amide bonds. The average molecular weight is 322 g/mol. The third-order valence-electron chi connectivity index (χ3n) is 2.93. The number of rotatable bonds is 8. The molecule has 0 aromatic carbocycles. The number of carbonyl (C=O) groups is 1. The normalized spacial score (nSPS) is 21.2. The first-order valence-electron chi connectivity index (χ1n) is 6.72. The van der Waals surface area contributed by atoms with Crippen molar-refractivity contribution in [3.8, 4) is 0 Å². The lowest BCUT2D eigenvalue weighted by Gasteiger charge is -2.14. The van der Waals surface area contributed by atoms with E-state index in [0.29, 0.717) is 25.7 Å². The first-order chi connectivity index (χ1) is 8.61. The summed E-state index contributed by atoms with van der Waals surface area (Å²) >= 11 is 3.38. The van der Waals surface area contributed by atoms with Crippen molar-refractivity contribution in [3.05, 3.63) is 0 Å². The average Bonchev–Trinajstić information content (AvgIpc) is 2.85. The summed E-state index contributed by atoms with van der Waals surface area (Å²) in [5, 5.41) is 2.90. The maximum atomic E-state index is 11.6. The van der Waals surface area contributed by atoms with Crippen molar-refractivity contribution in [2.45, 2.75) is 44.0 Å². The van der Waals surface area contributed by atoms with Gasteiger partial charge in [-0.25, -0.2) is 0 Å². The lowest BCUT2D eigenvalue weighted by molar-refractivity contribution is -0.121. The molecule has 1 aliphatic rings. The van der Waals surface area contributed by atoms with Crippen LogP contribution in [-0.2, 0) is 14.3 Å². The SMILES string of the molecule is CC(C)C(Br)C(=O)NCCCOCC1CCCO1. The molecule has 18 heavy (non-hydrogen) atoms. The minimum Gasteiger partial charge on any atom is -0.379 e. The Hall–Kier alpha value is -0.130. The van der Waals surface area contributed by atoms with E-state index in [2.05, 4.69) is 21.2 Å². The zero-order chi connectivity index (χ0) is 13.4. The van der Waals surface area contributed by atoms with Crippen LogP contribution in [0.4, 0.5) is 0 Å². The third-order valence-corrected chi connectivity index (χ3v) is 4.40. The fourth-order valence-electron chi connectivity index (χ4n) is 1.78. The molecule has 0 saturated carbocycles. The van der Waals surface area contributed by atoms with Crippen LogP contribution in [0.1, 0.15) is 33.1 Å². The van der Waals surface area contributed by atoms with Crippen LogP contribution in [0.2, 0.25) is 0 Å². The first-order valence-corrected chi connectivity index (χ1v) is 7.64. The number of carbonyl (C=O) groups excluding carboxylic acids is 1. The van der Waals surface area contributed by atoms with E-state index in [1.165, 1.54) is 0 Å². The van der Waals surface area contributed by atoms with Crippen molar-refractivity contribution in [1.82, 2.24) is 5.32 Å². The van der Waals surface area contributed by atoms with Gasteiger partial charge in [-0.15, -0.1) is 0 Å². The van der Waals surface area contributed by atoms with Gasteiger partial charge in [0.25, 0.3) is 0 Å². The number of ether oxygens (including phenoxy) is 2. The summed E-state index contributed by atoms with van der Waals surface area (Å²) in [7, 11) is 0. The Labute approximate surface area is 118 Å². The van der Waals surface area contributed by atoms with Crippen LogP contribution in [0.15, 0.2) is 0 Å². The lowest BCUT2D eigenvalue weighted by atomic mass is 10.1. The predicted octanol–water partition coefficient (Wildman–Crippen LogP) is 2.11. The van der Waals surface area contributed by atoms with Gasteiger partial charge in [0.2, 0.25) is 5.91 Å². The number of hydrogen-bond donors (Lipinski definition) is 1. The summed E-state index contributed by atoms with van der Waals surface area (Å²) in [6.45, 7) is 6.92. The molecular formula is C13H24BrNO3. The van der Waals surface area contributed by atoms with Crippen molar-refractivity contribution in [3.63, 3.8) is 0 Å². The van der Waals surface area contributed by atoms with Crippen LogP contribution < -0.4 is 5.32 Å². The van der Waals surface area contributed by atoms with Crippen molar-refractivity contribution >= 4 is 21.8 Å². The molecule has 1 heterocycles. The Balaban J connectivity index is 1.93. The van der Waals surface area contributed by atoms with Crippen LogP contribution >= 0.6 is 15.9 Å². The van der Waals surface area contributed by atoms with E-state index in [0.717, 1.165) is 25.9 Å². The Morgan fingerprint density at radius 2 is 2.33 bits per heavy atom. The predicted molar refractivity (Wildman–Crippen MR) is 75.0 cm³/mol. The largest absolute Gasteiger partial charge is 0.379 e. The molecule has 2 atom stereocenters. The highest BCUT2D eigenvalue weighted by molar-refractivity contribution is 9.10. The second kappa shape index (κ2) is 8.88. The summed E-state index contributed by atoms with van der Waals surface area (Å²) in [4.78, 5) is 11.5. The summed E-state index contributed by atoms with van der Waals surface area (Å²) in [5.74, 6) is 0.366. The topological polar surface area (TPSA) is 47.6 Å². The number of halogens is 1. The maximum absolute atomic E-state index is 11.6. The van der Waals surface area contributed by atoms with Gasteiger partial charge in [0.1, 0.15) is 0 Å². The summed E-state index contributed by atoms with van der Waals surface area (Å²) < 4.78 is 11.0. The zero-order valence-corrected chi connectivity index (χ0v) is 12.9. The van der Waals surface area contributed by atoms with E-state index >= 15 is 0 Å². The van der Waals surface area contributed by atoms with Gasteiger partial charge in [0, 0.05) is 19.8 Å². The van der Waals surface area contributed by atoms with Gasteiger partial charge < -0.3 is 14.8 Å². The highest BCUT2D eigenvalue weighted by Crippen LogP contribution is 2.12. The van der Waals surface area contributed by atoms with Crippen LogP contribution in [0.25, 0.3) is 0 Å². The van der Waals surface area contributed by atoms with Gasteiger partial charge >= 0.3 is 0 Å². The molecule has 1 fully saturated rings. The molecular weight excluding hydrogens is 298 g/mol. The molecule has 1 rings (SSSR count). The van der Waals surface area contributed by atoms with Crippen LogP contribution in [0.5, 0.6) is 0 Å². The zero-order valence-electron chi connectivity index (χ0n) is 11.3. The van der Waals surface area contributed by atoms with E-state index < -0.39 is 0 Å². The van der Waals surface area contributed by atoms with Crippen molar-refractivity contribution in [1.29, 1.82) is 0 Å². The molecule has 0 radical (unpaired) electrons. The Bertz CT molecular complexity index is 242. The van der Waals surface area contributed by atoms with E-state index in [-0.39, 0.29) is 16.8 Å². The summed E-state index contributed by atoms with van der Waals surface area (Å²) in [6.07, 6.45) is 3.38. The van der Waals surface area contributed by atoms with Gasteiger partial charge in [-0.1, -0.05) is 29.8 Å². The molecule has 1 N–H and O–H groups in total. The number of amides is 1. The minimum absolute atomic E-state index is 0.0594. The molecule has 0 spiro atoms. The fourth-order valence-corrected chi connectivity index (χ4v) is 1.94. The molecule has 2 unspecified atom stereocenters. The van der Waals surface area contributed by atoms with E-state index in [1.54, 1.807) is 0 Å². The number of alkyl halides is 1. The molecule has 106 valence electrons. The van der Waals surface area contributed by atoms with Gasteiger partial charge in [-0.2, -0.15) is 0 Å². The van der Waals surface area contributed by atoms with Gasteiger partial charge in [-0.05, 0) is 25.2 Å². The Morgan fingerprint density at radius 3 is 2.94 bits per heavy atom. The highest BCUT2D eigenvalue weighted by Gasteiger charge is 2.18. The number of nitrogens with one attached hydrogen (secondary N) is 1. The van der Waals surface area contributed by atoms with Crippen LogP contribution in [0, 0.1) is 5.92 Å². The molecule has 4 nitrogen and oxygen atoms in total. The highest BCUT2D eigenvalue weighted by atomic mass is 79.9. The standard InChI is InChI=1S/C13H24BrNO3/c1-10(2)12(14)13(16)15-6-4-7-17-9-11-5-3-8-18-11/h10-12H,3-9H2,1-2H3,(H,15,16). The molecule has 0 aromatic rings. The molecule has 0 aliphatic carbocycles. The smallest absolute Gasteiger partial charge is 0.234 e. The quantitative estimate of drug-likeness (QED) is 0.550. The number of hydrogen-bond acceptors (Lipinski definition) is 3. The molecule has 1 aliphatic heterocycles. The van der Waals surface area contributed by atoms with Crippen LogP contribution in [0.3, 0.4) is 0 Å². The maximum Gasteiger partial charge on any atom is 0.234 e. The molecule has 5 heteroatoms. The van der Waals surface area contributed by atoms with Gasteiger partial charge in [0.05, 0.1) is 17.5 Å². The van der Waals surface area contributed by atoms with E-state index in [1.807, 2.05) is 13.8 Å². The summed E-state index contributed by atoms with van der Waals surface area (Å²) in [5.41, 5.74) is 0.